The van der Waals surface area contributed by atoms with E-state index in [-0.39, 0.29) is 41.7 Å². The summed E-state index contributed by atoms with van der Waals surface area (Å²) in [5, 5.41) is 15.1. The minimum Gasteiger partial charge on any atom is -0.489 e. The Bertz CT molecular complexity index is 2180. The number of ether oxygens (including phenoxy) is 1. The predicted octanol–water partition coefficient (Wildman–Crippen LogP) is 5.99. The summed E-state index contributed by atoms with van der Waals surface area (Å²) < 4.78 is 6.38. The first kappa shape index (κ1) is 38.6. The van der Waals surface area contributed by atoms with Gasteiger partial charge in [0.15, 0.2) is 0 Å². The van der Waals surface area contributed by atoms with E-state index in [2.05, 4.69) is 61.2 Å². The molecular weight excluding hydrogens is 744 g/mol. The third-order valence-electron chi connectivity index (χ3n) is 13.2. The molecule has 3 aromatic rings. The molecule has 3 fully saturated rings. The minimum atomic E-state index is -0.969. The summed E-state index contributed by atoms with van der Waals surface area (Å²) in [5.74, 6) is -1.48. The summed E-state index contributed by atoms with van der Waals surface area (Å²) in [4.78, 5) is 70.2. The molecule has 5 amide bonds. The Morgan fingerprint density at radius 3 is 2.07 bits per heavy atom. The number of nitrogens with zero attached hydrogens (tertiary/aromatic N) is 4. The van der Waals surface area contributed by atoms with Gasteiger partial charge in [-0.2, -0.15) is 5.26 Å². The monoisotopic (exact) mass is 790 g/mol. The highest BCUT2D eigenvalue weighted by molar-refractivity contribution is 6.31. The third kappa shape index (κ3) is 6.64. The molecule has 2 saturated carbocycles. The van der Waals surface area contributed by atoms with Crippen LogP contribution < -0.4 is 20.3 Å². The van der Waals surface area contributed by atoms with E-state index in [1.165, 1.54) is 0 Å². The number of carbonyl (C=O) groups is 5. The van der Waals surface area contributed by atoms with Crippen molar-refractivity contribution in [2.75, 3.05) is 11.9 Å². The molecule has 0 spiro atoms. The molecule has 3 aliphatic heterocycles. The number of benzene rings is 3. The van der Waals surface area contributed by atoms with Gasteiger partial charge >= 0.3 is 0 Å². The Hall–Kier alpha value is -5.25. The van der Waals surface area contributed by atoms with Crippen LogP contribution in [0.1, 0.15) is 114 Å². The summed E-state index contributed by atoms with van der Waals surface area (Å²) in [5.41, 5.74) is 4.05. The van der Waals surface area contributed by atoms with Crippen molar-refractivity contribution < 1.29 is 28.7 Å². The fraction of sp³-hybridized carbons (Fsp3) is 0.455. The summed E-state index contributed by atoms with van der Waals surface area (Å²) in [6.07, 6.45) is 4.09. The maximum absolute atomic E-state index is 13.5. The maximum atomic E-state index is 13.5. The molecule has 0 bridgehead atoms. The van der Waals surface area contributed by atoms with Crippen LogP contribution in [0.15, 0.2) is 54.6 Å². The van der Waals surface area contributed by atoms with Crippen molar-refractivity contribution in [3.05, 3.63) is 93.0 Å². The van der Waals surface area contributed by atoms with Crippen molar-refractivity contribution in [2.45, 2.75) is 110 Å². The average Bonchev–Trinajstić information content (AvgIpc) is 3.71. The molecule has 57 heavy (non-hydrogen) atoms. The Morgan fingerprint density at radius 1 is 0.895 bits per heavy atom. The van der Waals surface area contributed by atoms with E-state index in [9.17, 15) is 29.2 Å². The molecule has 1 atom stereocenters. The van der Waals surface area contributed by atoms with Gasteiger partial charge < -0.3 is 15.0 Å². The topological polar surface area (TPSA) is 152 Å². The summed E-state index contributed by atoms with van der Waals surface area (Å²) >= 11 is 6.25. The summed E-state index contributed by atoms with van der Waals surface area (Å²) in [6.45, 7) is 9.75. The highest BCUT2D eigenvalue weighted by Crippen LogP contribution is 2.55. The van der Waals surface area contributed by atoms with Gasteiger partial charge in [-0.1, -0.05) is 39.3 Å². The first-order valence-electron chi connectivity index (χ1n) is 19.7. The van der Waals surface area contributed by atoms with Crippen molar-refractivity contribution >= 4 is 46.8 Å². The zero-order valence-electron chi connectivity index (χ0n) is 32.9. The van der Waals surface area contributed by atoms with Gasteiger partial charge in [-0.25, -0.2) is 0 Å². The number of fused-ring (bicyclic) bond motifs is 2. The van der Waals surface area contributed by atoms with Crippen LogP contribution in [0.3, 0.4) is 0 Å². The Kier molecular flexibility index (Phi) is 9.68. The number of hydrogen-bond donors (Lipinski definition) is 2. The van der Waals surface area contributed by atoms with E-state index in [4.69, 9.17) is 16.3 Å². The number of nitrogens with one attached hydrogen (secondary N) is 2. The number of halogens is 1. The zero-order chi connectivity index (χ0) is 40.6. The average molecular weight is 791 g/mol. The Morgan fingerprint density at radius 2 is 1.51 bits per heavy atom. The SMILES string of the molecule is CN(c1ccc(C(=O)N[C@H]2C(C)(C)[C@H](Oc3ccc(C#N)c(Cl)c3)C2(C)C)cc1)[C@H]1CC[C@H](N2Cc3cc4c(cc3C2)C(=O)N(C2CCC(=O)NC2=O)C4=O)CC1. The minimum absolute atomic E-state index is 0.0928. The second-order valence-electron chi connectivity index (χ2n) is 17.4. The molecule has 13 heteroatoms. The van der Waals surface area contributed by atoms with E-state index >= 15 is 0 Å². The molecule has 0 radical (unpaired) electrons. The van der Waals surface area contributed by atoms with Gasteiger partial charge in [0.05, 0.1) is 21.7 Å². The number of hydrogen-bond acceptors (Lipinski definition) is 9. The lowest BCUT2D eigenvalue weighted by molar-refractivity contribution is -0.164. The maximum Gasteiger partial charge on any atom is 0.262 e. The van der Waals surface area contributed by atoms with Gasteiger partial charge in [0, 0.05) is 72.8 Å². The lowest BCUT2D eigenvalue weighted by Crippen LogP contribution is -2.74. The fourth-order valence-corrected chi connectivity index (χ4v) is 10.5. The number of amides is 5. The number of rotatable bonds is 8. The van der Waals surface area contributed by atoms with E-state index < -0.39 is 29.7 Å². The number of carbonyl (C=O) groups excluding carboxylic acids is 5. The zero-order valence-corrected chi connectivity index (χ0v) is 33.6. The summed E-state index contributed by atoms with van der Waals surface area (Å²) in [6, 6.07) is 18.2. The van der Waals surface area contributed by atoms with Gasteiger partial charge in [-0.15, -0.1) is 0 Å². The third-order valence-corrected chi connectivity index (χ3v) is 13.5. The summed E-state index contributed by atoms with van der Waals surface area (Å²) in [7, 11) is 2.11. The largest absolute Gasteiger partial charge is 0.489 e. The van der Waals surface area contributed by atoms with Crippen LogP contribution in [-0.4, -0.2) is 76.7 Å². The van der Waals surface area contributed by atoms with Gasteiger partial charge in [-0.05, 0) is 91.8 Å². The second kappa shape index (κ2) is 14.3. The molecular formula is C44H47ClN6O6. The molecule has 0 aromatic heterocycles. The molecule has 5 aliphatic rings. The van der Waals surface area contributed by atoms with E-state index in [0.29, 0.717) is 58.2 Å². The van der Waals surface area contributed by atoms with Crippen LogP contribution in [0.2, 0.25) is 5.02 Å². The van der Waals surface area contributed by atoms with Crippen LogP contribution >= 0.6 is 11.6 Å². The first-order chi connectivity index (χ1) is 27.1. The van der Waals surface area contributed by atoms with E-state index in [0.717, 1.165) is 47.4 Å². The van der Waals surface area contributed by atoms with Gasteiger partial charge in [-0.3, -0.25) is 39.1 Å². The van der Waals surface area contributed by atoms with E-state index in [1.54, 1.807) is 18.2 Å². The van der Waals surface area contributed by atoms with Crippen molar-refractivity contribution in [3.8, 4) is 11.8 Å². The number of nitriles is 1. The molecule has 3 aromatic carbocycles. The molecule has 2 N–H and O–H groups in total. The van der Waals surface area contributed by atoms with Crippen molar-refractivity contribution in [3.63, 3.8) is 0 Å². The standard InChI is InChI=1S/C44H47ClN6O6/c1-43(2)41(44(3,4)42(43)57-31-15-8-25(21-46)34(45)20-31)48-37(53)24-6-9-28(10-7-24)49(5)29-11-13-30(14-12-29)50-22-26-18-32-33(19-27(26)23-50)40(56)51(39(32)55)35-16-17-36(52)47-38(35)54/h6-10,15,18-20,29-30,35,41-42H,11-14,16-17,22-23H2,1-5H3,(H,48,53)(H,47,52,54)/t29-,30-,35?,41-,42-. The van der Waals surface area contributed by atoms with E-state index in [1.807, 2.05) is 36.4 Å². The van der Waals surface area contributed by atoms with Crippen LogP contribution in [0.4, 0.5) is 5.69 Å². The molecule has 1 saturated heterocycles. The quantitative estimate of drug-likeness (QED) is 0.262. The normalized spacial score (nSPS) is 26.2. The fourth-order valence-electron chi connectivity index (χ4n) is 10.3. The highest BCUT2D eigenvalue weighted by atomic mass is 35.5. The van der Waals surface area contributed by atoms with Gasteiger partial charge in [0.25, 0.3) is 17.7 Å². The van der Waals surface area contributed by atoms with Crippen LogP contribution in [0, 0.1) is 22.2 Å². The predicted molar refractivity (Wildman–Crippen MR) is 213 cm³/mol. The molecule has 2 aliphatic carbocycles. The second-order valence-corrected chi connectivity index (χ2v) is 17.8. The van der Waals surface area contributed by atoms with Crippen molar-refractivity contribution in [2.24, 2.45) is 10.8 Å². The molecule has 296 valence electrons. The Labute approximate surface area is 337 Å². The molecule has 12 nitrogen and oxygen atoms in total. The number of piperidine rings is 1. The molecule has 8 rings (SSSR count). The Balaban J connectivity index is 0.838. The highest BCUT2D eigenvalue weighted by Gasteiger charge is 2.64. The van der Waals surface area contributed by atoms with Crippen molar-refractivity contribution in [1.82, 2.24) is 20.4 Å². The molecule has 1 unspecified atom stereocenters. The van der Waals surface area contributed by atoms with Crippen LogP contribution in [0.5, 0.6) is 5.75 Å². The van der Waals surface area contributed by atoms with Gasteiger partial charge in [0.2, 0.25) is 11.8 Å². The van der Waals surface area contributed by atoms with Crippen LogP contribution in [0.25, 0.3) is 0 Å². The van der Waals surface area contributed by atoms with Gasteiger partial charge in [0.1, 0.15) is 24.0 Å². The smallest absolute Gasteiger partial charge is 0.262 e. The van der Waals surface area contributed by atoms with Crippen molar-refractivity contribution in [1.29, 1.82) is 5.26 Å². The number of anilines is 1. The first-order valence-corrected chi connectivity index (χ1v) is 20.1. The lowest BCUT2D eigenvalue weighted by Gasteiger charge is -2.63. The molecule has 3 heterocycles. The number of imide groups is 2. The lowest BCUT2D eigenvalue weighted by atomic mass is 9.49. The van der Waals surface area contributed by atoms with Crippen LogP contribution in [-0.2, 0) is 22.7 Å².